The van der Waals surface area contributed by atoms with Gasteiger partial charge in [0, 0.05) is 13.0 Å². The van der Waals surface area contributed by atoms with Crippen LogP contribution in [0.4, 0.5) is 0 Å². The van der Waals surface area contributed by atoms with E-state index in [1.807, 2.05) is 0 Å². The van der Waals surface area contributed by atoms with E-state index in [9.17, 15) is 14.4 Å². The minimum absolute atomic E-state index is 0.0256. The van der Waals surface area contributed by atoms with Gasteiger partial charge in [-0.15, -0.1) is 0 Å². The number of hydrogen-bond acceptors (Lipinski definition) is 3. The maximum atomic E-state index is 12.4. The molecule has 2 fully saturated rings. The molecule has 20 heavy (non-hydrogen) atoms. The van der Waals surface area contributed by atoms with E-state index in [0.29, 0.717) is 12.5 Å². The van der Waals surface area contributed by atoms with Gasteiger partial charge in [-0.2, -0.15) is 0 Å². The van der Waals surface area contributed by atoms with Crippen molar-refractivity contribution in [2.75, 3.05) is 6.54 Å². The summed E-state index contributed by atoms with van der Waals surface area (Å²) in [5.74, 6) is -0.342. The second-order valence-corrected chi connectivity index (χ2v) is 6.32. The van der Waals surface area contributed by atoms with Crippen molar-refractivity contribution in [1.82, 2.24) is 4.90 Å². The van der Waals surface area contributed by atoms with Gasteiger partial charge in [0.15, 0.2) is 0 Å². The molecule has 1 atom stereocenters. The summed E-state index contributed by atoms with van der Waals surface area (Å²) in [5, 5.41) is 0. The smallest absolute Gasteiger partial charge is 0.240 e. The van der Waals surface area contributed by atoms with Crippen LogP contribution in [-0.2, 0) is 14.4 Å². The van der Waals surface area contributed by atoms with E-state index in [2.05, 4.69) is 6.92 Å². The molecule has 112 valence electrons. The highest BCUT2D eigenvalue weighted by Gasteiger charge is 2.55. The van der Waals surface area contributed by atoms with Gasteiger partial charge in [0.25, 0.3) is 0 Å². The average Bonchev–Trinajstić information content (AvgIpc) is 2.39. The summed E-state index contributed by atoms with van der Waals surface area (Å²) in [5.41, 5.74) is 10.2. The Hall–Kier alpha value is -1.59. The summed E-state index contributed by atoms with van der Waals surface area (Å²) >= 11 is 0. The molecular weight excluding hydrogens is 258 g/mol. The van der Waals surface area contributed by atoms with E-state index in [0.717, 1.165) is 25.7 Å². The van der Waals surface area contributed by atoms with E-state index in [1.165, 1.54) is 4.90 Å². The van der Waals surface area contributed by atoms with Crippen molar-refractivity contribution in [3.63, 3.8) is 0 Å². The molecule has 1 heterocycles. The van der Waals surface area contributed by atoms with Gasteiger partial charge in [-0.25, -0.2) is 0 Å². The lowest BCUT2D eigenvalue weighted by Crippen LogP contribution is -2.67. The maximum Gasteiger partial charge on any atom is 0.240 e. The predicted octanol–water partition coefficient (Wildman–Crippen LogP) is 0.145. The van der Waals surface area contributed by atoms with Crippen molar-refractivity contribution in [2.45, 2.75) is 51.5 Å². The molecule has 0 aromatic rings. The number of carbonyl (C=O) groups excluding carboxylic acids is 3. The Labute approximate surface area is 118 Å². The van der Waals surface area contributed by atoms with Gasteiger partial charge in [0.05, 0.1) is 5.41 Å². The van der Waals surface area contributed by atoms with E-state index in [1.54, 1.807) is 0 Å². The first-order chi connectivity index (χ1) is 9.35. The molecular formula is C14H23N3O3. The van der Waals surface area contributed by atoms with E-state index in [-0.39, 0.29) is 24.2 Å². The molecule has 2 aliphatic rings. The Morgan fingerprint density at radius 3 is 2.40 bits per heavy atom. The van der Waals surface area contributed by atoms with Crippen LogP contribution in [0.3, 0.4) is 0 Å². The molecule has 1 unspecified atom stereocenters. The molecule has 6 heteroatoms. The first-order valence-electron chi connectivity index (χ1n) is 7.24. The number of nitrogens with two attached hydrogens (primary N) is 2. The van der Waals surface area contributed by atoms with E-state index < -0.39 is 17.9 Å². The number of β-lactam (4-membered cyclic amide) rings is 1. The molecule has 1 aliphatic carbocycles. The first kappa shape index (κ1) is 14.8. The van der Waals surface area contributed by atoms with Crippen LogP contribution in [0.2, 0.25) is 0 Å². The van der Waals surface area contributed by atoms with Crippen LogP contribution in [-0.4, -0.2) is 35.2 Å². The van der Waals surface area contributed by atoms with Crippen LogP contribution in [0.1, 0.15) is 45.4 Å². The van der Waals surface area contributed by atoms with Gasteiger partial charge in [-0.05, 0) is 38.0 Å². The molecule has 0 radical (unpaired) electrons. The summed E-state index contributed by atoms with van der Waals surface area (Å²) in [7, 11) is 0. The molecule has 0 aromatic heterocycles. The SMILES string of the molecule is CC1CCC2(CC1)CN(C(CCC(N)=O)C(N)=O)C2=O. The molecule has 4 N–H and O–H groups in total. The summed E-state index contributed by atoms with van der Waals surface area (Å²) in [6, 6.07) is -0.694. The third-order valence-corrected chi connectivity index (χ3v) is 4.79. The maximum absolute atomic E-state index is 12.4. The molecule has 2 rings (SSSR count). The summed E-state index contributed by atoms with van der Waals surface area (Å²) in [6.07, 6.45) is 4.20. The third-order valence-electron chi connectivity index (χ3n) is 4.79. The van der Waals surface area contributed by atoms with Crippen LogP contribution in [0.25, 0.3) is 0 Å². The van der Waals surface area contributed by atoms with Gasteiger partial charge in [0.2, 0.25) is 17.7 Å². The van der Waals surface area contributed by atoms with Crippen molar-refractivity contribution < 1.29 is 14.4 Å². The average molecular weight is 281 g/mol. The van der Waals surface area contributed by atoms with Crippen LogP contribution < -0.4 is 11.5 Å². The zero-order valence-electron chi connectivity index (χ0n) is 11.9. The molecule has 1 saturated heterocycles. The van der Waals surface area contributed by atoms with Crippen molar-refractivity contribution in [1.29, 1.82) is 0 Å². The van der Waals surface area contributed by atoms with Crippen molar-refractivity contribution in [2.24, 2.45) is 22.8 Å². The number of carbonyl (C=O) groups is 3. The van der Waals surface area contributed by atoms with Gasteiger partial charge in [-0.3, -0.25) is 14.4 Å². The highest BCUT2D eigenvalue weighted by molar-refractivity contribution is 5.94. The fourth-order valence-electron chi connectivity index (χ4n) is 3.35. The Bertz CT molecular complexity index is 427. The number of amides is 3. The molecule has 1 saturated carbocycles. The van der Waals surface area contributed by atoms with Gasteiger partial charge >= 0.3 is 0 Å². The molecule has 6 nitrogen and oxygen atoms in total. The van der Waals surface area contributed by atoms with Crippen LogP contribution in [0.15, 0.2) is 0 Å². The monoisotopic (exact) mass is 281 g/mol. The molecule has 3 amide bonds. The van der Waals surface area contributed by atoms with Crippen molar-refractivity contribution >= 4 is 17.7 Å². The fourth-order valence-corrected chi connectivity index (χ4v) is 3.35. The Morgan fingerprint density at radius 2 is 1.95 bits per heavy atom. The van der Waals surface area contributed by atoms with Crippen molar-refractivity contribution in [3.05, 3.63) is 0 Å². The number of hydrogen-bond donors (Lipinski definition) is 2. The molecule has 1 aliphatic heterocycles. The zero-order valence-corrected chi connectivity index (χ0v) is 11.9. The summed E-state index contributed by atoms with van der Waals surface area (Å²) < 4.78 is 0. The molecule has 0 bridgehead atoms. The van der Waals surface area contributed by atoms with Crippen LogP contribution in [0.5, 0.6) is 0 Å². The minimum Gasteiger partial charge on any atom is -0.370 e. The Balaban J connectivity index is 1.98. The standard InChI is InChI=1S/C14H23N3O3/c1-9-4-6-14(7-5-9)8-17(13(14)20)10(12(16)19)2-3-11(15)18/h9-10H,2-8H2,1H3,(H2,15,18)(H2,16,19). The topological polar surface area (TPSA) is 106 Å². The largest absolute Gasteiger partial charge is 0.370 e. The minimum atomic E-state index is -0.694. The molecule has 0 aromatic carbocycles. The van der Waals surface area contributed by atoms with E-state index >= 15 is 0 Å². The Morgan fingerprint density at radius 1 is 1.35 bits per heavy atom. The van der Waals surface area contributed by atoms with Crippen LogP contribution >= 0.6 is 0 Å². The number of nitrogens with zero attached hydrogens (tertiary/aromatic N) is 1. The lowest BCUT2D eigenvalue weighted by atomic mass is 9.65. The second kappa shape index (κ2) is 5.42. The van der Waals surface area contributed by atoms with Crippen molar-refractivity contribution in [3.8, 4) is 0 Å². The van der Waals surface area contributed by atoms with Gasteiger partial charge in [-0.1, -0.05) is 6.92 Å². The third kappa shape index (κ3) is 2.64. The highest BCUT2D eigenvalue weighted by Crippen LogP contribution is 2.47. The quantitative estimate of drug-likeness (QED) is 0.700. The lowest BCUT2D eigenvalue weighted by Gasteiger charge is -2.53. The zero-order chi connectivity index (χ0) is 14.9. The van der Waals surface area contributed by atoms with Crippen LogP contribution in [0, 0.1) is 11.3 Å². The first-order valence-corrected chi connectivity index (χ1v) is 7.24. The predicted molar refractivity (Wildman–Crippen MR) is 73.2 cm³/mol. The number of primary amides is 2. The molecule has 1 spiro atoms. The fraction of sp³-hybridized carbons (Fsp3) is 0.786. The normalized spacial score (nSPS) is 30.9. The number of rotatable bonds is 5. The van der Waals surface area contributed by atoms with Gasteiger partial charge in [0.1, 0.15) is 6.04 Å². The highest BCUT2D eigenvalue weighted by atomic mass is 16.2. The second-order valence-electron chi connectivity index (χ2n) is 6.32. The number of likely N-dealkylation sites (tertiary alicyclic amines) is 1. The summed E-state index contributed by atoms with van der Waals surface area (Å²) in [4.78, 5) is 36.3. The summed E-state index contributed by atoms with van der Waals surface area (Å²) in [6.45, 7) is 2.79. The lowest BCUT2D eigenvalue weighted by molar-refractivity contribution is -0.171. The van der Waals surface area contributed by atoms with Gasteiger partial charge < -0.3 is 16.4 Å². The Kier molecular flexibility index (Phi) is 4.01. The van der Waals surface area contributed by atoms with E-state index in [4.69, 9.17) is 11.5 Å².